The summed E-state index contributed by atoms with van der Waals surface area (Å²) in [7, 11) is 2.92. The predicted octanol–water partition coefficient (Wildman–Crippen LogP) is 1.24. The number of benzene rings is 2. The van der Waals surface area contributed by atoms with Crippen LogP contribution in [-0.2, 0) is 4.79 Å². The van der Waals surface area contributed by atoms with Gasteiger partial charge in [0.1, 0.15) is 17.1 Å². The minimum Gasteiger partial charge on any atom is -0.496 e. The van der Waals surface area contributed by atoms with Crippen molar-refractivity contribution in [3.8, 4) is 11.5 Å². The van der Waals surface area contributed by atoms with Gasteiger partial charge < -0.3 is 20.1 Å². The Labute approximate surface area is 179 Å². The molecular formula is C22H23N3O6. The fourth-order valence-corrected chi connectivity index (χ4v) is 3.29. The average molecular weight is 425 g/mol. The third-order valence-electron chi connectivity index (χ3n) is 4.83. The van der Waals surface area contributed by atoms with Crippen LogP contribution in [0, 0.1) is 0 Å². The van der Waals surface area contributed by atoms with Gasteiger partial charge in [-0.2, -0.15) is 0 Å². The lowest BCUT2D eigenvalue weighted by atomic mass is 10.1. The lowest BCUT2D eigenvalue weighted by Crippen LogP contribution is -2.37. The quantitative estimate of drug-likeness (QED) is 0.462. The summed E-state index contributed by atoms with van der Waals surface area (Å²) in [6, 6.07) is 11.6. The molecule has 2 N–H and O–H groups in total. The Morgan fingerprint density at radius 2 is 1.39 bits per heavy atom. The predicted molar refractivity (Wildman–Crippen MR) is 111 cm³/mol. The van der Waals surface area contributed by atoms with Crippen LogP contribution in [0.25, 0.3) is 0 Å². The number of methoxy groups -OCH3 is 2. The van der Waals surface area contributed by atoms with E-state index < -0.39 is 17.7 Å². The van der Waals surface area contributed by atoms with Gasteiger partial charge in [0.15, 0.2) is 0 Å². The summed E-state index contributed by atoms with van der Waals surface area (Å²) < 4.78 is 10.4. The van der Waals surface area contributed by atoms with Crippen LogP contribution in [0.4, 0.5) is 0 Å². The van der Waals surface area contributed by atoms with Crippen LogP contribution in [0.5, 0.6) is 11.5 Å². The zero-order valence-electron chi connectivity index (χ0n) is 17.3. The van der Waals surface area contributed by atoms with Crippen molar-refractivity contribution in [2.45, 2.75) is 6.42 Å². The van der Waals surface area contributed by atoms with Crippen molar-refractivity contribution in [1.82, 2.24) is 15.5 Å². The number of rotatable bonds is 9. The average Bonchev–Trinajstić information content (AvgIpc) is 3.04. The van der Waals surface area contributed by atoms with E-state index in [1.54, 1.807) is 42.5 Å². The summed E-state index contributed by atoms with van der Waals surface area (Å²) in [4.78, 5) is 50.2. The molecule has 3 rings (SSSR count). The largest absolute Gasteiger partial charge is 0.496 e. The maximum Gasteiger partial charge on any atom is 0.261 e. The second-order valence-corrected chi connectivity index (χ2v) is 6.70. The Bertz CT molecular complexity index is 963. The highest BCUT2D eigenvalue weighted by Gasteiger charge is 2.34. The van der Waals surface area contributed by atoms with Crippen LogP contribution in [0.2, 0.25) is 0 Å². The van der Waals surface area contributed by atoms with Crippen molar-refractivity contribution in [3.63, 3.8) is 0 Å². The number of ether oxygens (including phenoxy) is 2. The molecule has 0 radical (unpaired) electrons. The van der Waals surface area contributed by atoms with Crippen molar-refractivity contribution >= 4 is 23.6 Å². The second kappa shape index (κ2) is 9.75. The van der Waals surface area contributed by atoms with Gasteiger partial charge in [-0.25, -0.2) is 0 Å². The first-order chi connectivity index (χ1) is 15.0. The van der Waals surface area contributed by atoms with Gasteiger partial charge in [-0.1, -0.05) is 18.2 Å². The molecule has 9 nitrogen and oxygen atoms in total. The Balaban J connectivity index is 1.44. The standard InChI is InChI=1S/C22H23N3O6/c1-30-16-8-5-9-17(31-2)19(16)20(27)24-12-11-23-18(26)10-13-25-21(28)14-6-3-4-7-15(14)22(25)29/h3-9H,10-13H2,1-2H3,(H,23,26)(H,24,27). The Morgan fingerprint density at radius 3 is 1.94 bits per heavy atom. The zero-order valence-corrected chi connectivity index (χ0v) is 17.3. The smallest absolute Gasteiger partial charge is 0.261 e. The monoisotopic (exact) mass is 425 g/mol. The van der Waals surface area contributed by atoms with E-state index in [-0.39, 0.29) is 37.5 Å². The Hall–Kier alpha value is -3.88. The van der Waals surface area contributed by atoms with Gasteiger partial charge in [-0.15, -0.1) is 0 Å². The van der Waals surface area contributed by atoms with Gasteiger partial charge in [0.05, 0.1) is 25.3 Å². The highest BCUT2D eigenvalue weighted by atomic mass is 16.5. The minimum atomic E-state index is -0.397. The molecule has 1 aliphatic heterocycles. The first-order valence-electron chi connectivity index (χ1n) is 9.69. The fourth-order valence-electron chi connectivity index (χ4n) is 3.29. The van der Waals surface area contributed by atoms with E-state index in [1.165, 1.54) is 14.2 Å². The Kier molecular flexibility index (Phi) is 6.86. The molecule has 0 saturated carbocycles. The molecule has 0 atom stereocenters. The number of fused-ring (bicyclic) bond motifs is 1. The van der Waals surface area contributed by atoms with Crippen molar-refractivity contribution in [1.29, 1.82) is 0 Å². The molecular weight excluding hydrogens is 402 g/mol. The highest BCUT2D eigenvalue weighted by Crippen LogP contribution is 2.27. The molecule has 0 bridgehead atoms. The molecule has 0 unspecified atom stereocenters. The van der Waals surface area contributed by atoms with E-state index in [0.717, 1.165) is 4.90 Å². The van der Waals surface area contributed by atoms with Crippen LogP contribution >= 0.6 is 0 Å². The zero-order chi connectivity index (χ0) is 22.4. The lowest BCUT2D eigenvalue weighted by Gasteiger charge is -2.14. The molecule has 2 aromatic rings. The molecule has 0 fully saturated rings. The SMILES string of the molecule is COc1cccc(OC)c1C(=O)NCCNC(=O)CCN1C(=O)c2ccccc2C1=O. The number of imide groups is 1. The maximum absolute atomic E-state index is 12.5. The van der Waals surface area contributed by atoms with Gasteiger partial charge in [0, 0.05) is 26.1 Å². The molecule has 0 spiro atoms. The third-order valence-corrected chi connectivity index (χ3v) is 4.83. The summed E-state index contributed by atoms with van der Waals surface area (Å²) >= 11 is 0. The molecule has 162 valence electrons. The van der Waals surface area contributed by atoms with Crippen molar-refractivity contribution < 1.29 is 28.7 Å². The number of carbonyl (C=O) groups excluding carboxylic acids is 4. The number of hydrogen-bond donors (Lipinski definition) is 2. The second-order valence-electron chi connectivity index (χ2n) is 6.70. The number of nitrogens with one attached hydrogen (secondary N) is 2. The minimum absolute atomic E-state index is 0.0110. The van der Waals surface area contributed by atoms with Crippen LogP contribution in [0.15, 0.2) is 42.5 Å². The van der Waals surface area contributed by atoms with E-state index in [1.807, 2.05) is 0 Å². The van der Waals surface area contributed by atoms with Gasteiger partial charge >= 0.3 is 0 Å². The molecule has 2 aromatic carbocycles. The van der Waals surface area contributed by atoms with E-state index in [9.17, 15) is 19.2 Å². The van der Waals surface area contributed by atoms with Gasteiger partial charge in [-0.05, 0) is 24.3 Å². The van der Waals surface area contributed by atoms with Crippen LogP contribution in [0.1, 0.15) is 37.5 Å². The van der Waals surface area contributed by atoms with Crippen LogP contribution in [-0.4, -0.2) is 62.4 Å². The molecule has 0 saturated heterocycles. The molecule has 1 heterocycles. The van der Waals surface area contributed by atoms with Crippen LogP contribution < -0.4 is 20.1 Å². The van der Waals surface area contributed by atoms with Crippen molar-refractivity contribution in [3.05, 3.63) is 59.2 Å². The summed E-state index contributed by atoms with van der Waals surface area (Å²) in [6.45, 7) is 0.353. The summed E-state index contributed by atoms with van der Waals surface area (Å²) in [5, 5.41) is 5.35. The molecule has 1 aliphatic rings. The van der Waals surface area contributed by atoms with Crippen LogP contribution in [0.3, 0.4) is 0 Å². The molecule has 0 aromatic heterocycles. The number of carbonyl (C=O) groups is 4. The third kappa shape index (κ3) is 4.66. The van der Waals surface area contributed by atoms with Crippen molar-refractivity contribution in [2.75, 3.05) is 33.9 Å². The topological polar surface area (TPSA) is 114 Å². The number of amides is 4. The van der Waals surface area contributed by atoms with Gasteiger partial charge in [0.25, 0.3) is 17.7 Å². The molecule has 4 amide bonds. The lowest BCUT2D eigenvalue weighted by molar-refractivity contribution is -0.121. The summed E-state index contributed by atoms with van der Waals surface area (Å²) in [5.74, 6) is -0.767. The van der Waals surface area contributed by atoms with E-state index >= 15 is 0 Å². The Morgan fingerprint density at radius 1 is 0.839 bits per heavy atom. The maximum atomic E-state index is 12.5. The molecule has 31 heavy (non-hydrogen) atoms. The van der Waals surface area contributed by atoms with Crippen molar-refractivity contribution in [2.24, 2.45) is 0 Å². The molecule has 0 aliphatic carbocycles. The van der Waals surface area contributed by atoms with Gasteiger partial charge in [0.2, 0.25) is 5.91 Å². The summed E-state index contributed by atoms with van der Waals surface area (Å²) in [5.41, 5.74) is 0.967. The van der Waals surface area contributed by atoms with E-state index in [4.69, 9.17) is 9.47 Å². The number of hydrogen-bond acceptors (Lipinski definition) is 6. The molecule has 9 heteroatoms. The number of nitrogens with zero attached hydrogens (tertiary/aromatic N) is 1. The van der Waals surface area contributed by atoms with E-state index in [0.29, 0.717) is 22.6 Å². The summed E-state index contributed by atoms with van der Waals surface area (Å²) in [6.07, 6.45) is -0.0280. The highest BCUT2D eigenvalue weighted by molar-refractivity contribution is 6.21. The first kappa shape index (κ1) is 21.8. The van der Waals surface area contributed by atoms with Gasteiger partial charge in [-0.3, -0.25) is 24.1 Å². The normalized spacial score (nSPS) is 12.4. The van der Waals surface area contributed by atoms with E-state index in [2.05, 4.69) is 10.6 Å². The first-order valence-corrected chi connectivity index (χ1v) is 9.69. The fraction of sp³-hybridized carbons (Fsp3) is 0.273.